The summed E-state index contributed by atoms with van der Waals surface area (Å²) in [6.07, 6.45) is 7.56. The highest BCUT2D eigenvalue weighted by Crippen LogP contribution is 2.44. The Hall–Kier alpha value is -1.28. The number of H-pyrrole nitrogens is 1. The molecule has 1 aliphatic carbocycles. The fourth-order valence-corrected chi connectivity index (χ4v) is 4.52. The van der Waals surface area contributed by atoms with Gasteiger partial charge in [0.15, 0.2) is 0 Å². The molecule has 1 unspecified atom stereocenters. The number of nitrogens with one attached hydrogen (secondary N) is 1. The average molecular weight is 313 g/mol. The highest BCUT2D eigenvalue weighted by atomic mass is 14.7. The number of fused-ring (bicyclic) bond motifs is 1. The van der Waals surface area contributed by atoms with E-state index in [0.717, 1.165) is 18.4 Å². The van der Waals surface area contributed by atoms with E-state index in [-0.39, 0.29) is 0 Å². The molecular formula is C21H32N2. The van der Waals surface area contributed by atoms with E-state index < -0.39 is 0 Å². The molecule has 1 heterocycles. The molecule has 3 rings (SSSR count). The van der Waals surface area contributed by atoms with Crippen LogP contribution >= 0.6 is 0 Å². The van der Waals surface area contributed by atoms with Gasteiger partial charge in [0, 0.05) is 23.0 Å². The first-order chi connectivity index (χ1) is 10.9. The maximum atomic E-state index is 6.23. The third-order valence-corrected chi connectivity index (χ3v) is 6.09. The summed E-state index contributed by atoms with van der Waals surface area (Å²) in [4.78, 5) is 3.45. The van der Waals surface area contributed by atoms with E-state index in [4.69, 9.17) is 5.73 Å². The number of aromatic amines is 1. The van der Waals surface area contributed by atoms with Crippen molar-refractivity contribution in [3.63, 3.8) is 0 Å². The standard InChI is InChI=1S/C21H32N2/c1-14-5-10-20-17(11-14)19(13-23-20)18(12-22)15-6-8-16(9-7-15)21(2,3)4/h5,10-11,13,15-16,18,23H,6-9,12,22H2,1-4H3. The van der Waals surface area contributed by atoms with Crippen LogP contribution in [0, 0.1) is 24.2 Å². The van der Waals surface area contributed by atoms with E-state index in [2.05, 4.69) is 57.1 Å². The smallest absolute Gasteiger partial charge is 0.0457 e. The van der Waals surface area contributed by atoms with Crippen molar-refractivity contribution in [1.82, 2.24) is 4.98 Å². The van der Waals surface area contributed by atoms with Crippen molar-refractivity contribution in [2.75, 3.05) is 6.54 Å². The van der Waals surface area contributed by atoms with Crippen LogP contribution in [0.3, 0.4) is 0 Å². The molecule has 2 nitrogen and oxygen atoms in total. The minimum Gasteiger partial charge on any atom is -0.361 e. The van der Waals surface area contributed by atoms with Crippen molar-refractivity contribution in [1.29, 1.82) is 0 Å². The molecular weight excluding hydrogens is 280 g/mol. The summed E-state index contributed by atoms with van der Waals surface area (Å²) in [6.45, 7) is 10.1. The normalized spacial score (nSPS) is 24.0. The number of benzene rings is 1. The fourth-order valence-electron chi connectivity index (χ4n) is 4.52. The Kier molecular flexibility index (Phi) is 4.55. The van der Waals surface area contributed by atoms with Gasteiger partial charge in [-0.1, -0.05) is 32.4 Å². The van der Waals surface area contributed by atoms with Gasteiger partial charge in [-0.3, -0.25) is 0 Å². The second-order valence-corrected chi connectivity index (χ2v) is 8.61. The quantitative estimate of drug-likeness (QED) is 0.786. The van der Waals surface area contributed by atoms with Crippen LogP contribution in [0.15, 0.2) is 24.4 Å². The maximum absolute atomic E-state index is 6.23. The van der Waals surface area contributed by atoms with Crippen LogP contribution in [0.5, 0.6) is 0 Å². The molecule has 0 amide bonds. The molecule has 1 aromatic carbocycles. The molecule has 0 aliphatic heterocycles. The van der Waals surface area contributed by atoms with Gasteiger partial charge in [-0.05, 0) is 74.1 Å². The number of rotatable bonds is 3. The van der Waals surface area contributed by atoms with Crippen molar-refractivity contribution in [2.24, 2.45) is 23.0 Å². The largest absolute Gasteiger partial charge is 0.361 e. The van der Waals surface area contributed by atoms with Crippen LogP contribution in [0.1, 0.15) is 63.5 Å². The van der Waals surface area contributed by atoms with Crippen LogP contribution in [0.4, 0.5) is 0 Å². The lowest BCUT2D eigenvalue weighted by atomic mass is 9.66. The molecule has 2 aromatic rings. The van der Waals surface area contributed by atoms with Gasteiger partial charge in [0.25, 0.3) is 0 Å². The van der Waals surface area contributed by atoms with Crippen molar-refractivity contribution in [3.8, 4) is 0 Å². The van der Waals surface area contributed by atoms with Crippen LogP contribution < -0.4 is 5.73 Å². The summed E-state index contributed by atoms with van der Waals surface area (Å²) in [7, 11) is 0. The van der Waals surface area contributed by atoms with Gasteiger partial charge in [-0.2, -0.15) is 0 Å². The van der Waals surface area contributed by atoms with E-state index in [1.54, 1.807) is 0 Å². The van der Waals surface area contributed by atoms with E-state index >= 15 is 0 Å². The molecule has 0 spiro atoms. The second-order valence-electron chi connectivity index (χ2n) is 8.61. The van der Waals surface area contributed by atoms with E-state index in [1.807, 2.05) is 0 Å². The summed E-state index contributed by atoms with van der Waals surface area (Å²) in [6, 6.07) is 6.68. The molecule has 1 aromatic heterocycles. The summed E-state index contributed by atoms with van der Waals surface area (Å²) >= 11 is 0. The molecule has 1 atom stereocenters. The molecule has 0 saturated heterocycles. The van der Waals surface area contributed by atoms with Gasteiger partial charge in [0.2, 0.25) is 0 Å². The first kappa shape index (κ1) is 16.6. The summed E-state index contributed by atoms with van der Waals surface area (Å²) in [5.41, 5.74) is 10.7. The first-order valence-corrected chi connectivity index (χ1v) is 9.18. The predicted octanol–water partition coefficient (Wildman–Crippen LogP) is 5.37. The lowest BCUT2D eigenvalue weighted by Crippen LogP contribution is -2.30. The van der Waals surface area contributed by atoms with Crippen molar-refractivity contribution in [3.05, 3.63) is 35.5 Å². The number of nitrogens with two attached hydrogens (primary N) is 1. The van der Waals surface area contributed by atoms with Gasteiger partial charge in [0.1, 0.15) is 0 Å². The van der Waals surface area contributed by atoms with E-state index in [0.29, 0.717) is 11.3 Å². The molecule has 0 radical (unpaired) electrons. The van der Waals surface area contributed by atoms with Crippen molar-refractivity contribution >= 4 is 10.9 Å². The molecule has 126 valence electrons. The predicted molar refractivity (Wildman–Crippen MR) is 99.7 cm³/mol. The molecule has 2 heteroatoms. The Morgan fingerprint density at radius 2 is 1.87 bits per heavy atom. The lowest BCUT2D eigenvalue weighted by molar-refractivity contribution is 0.140. The number of aryl methyl sites for hydroxylation is 1. The van der Waals surface area contributed by atoms with Gasteiger partial charge in [-0.25, -0.2) is 0 Å². The van der Waals surface area contributed by atoms with E-state index in [9.17, 15) is 0 Å². The average Bonchev–Trinajstić information content (AvgIpc) is 2.91. The zero-order valence-electron chi connectivity index (χ0n) is 15.2. The Labute approximate surface area is 140 Å². The number of hydrogen-bond acceptors (Lipinski definition) is 1. The first-order valence-electron chi connectivity index (χ1n) is 9.18. The third kappa shape index (κ3) is 3.33. The van der Waals surface area contributed by atoms with E-state index in [1.165, 1.54) is 47.7 Å². The highest BCUT2D eigenvalue weighted by molar-refractivity contribution is 5.84. The van der Waals surface area contributed by atoms with Crippen LogP contribution in [0.2, 0.25) is 0 Å². The van der Waals surface area contributed by atoms with Crippen molar-refractivity contribution < 1.29 is 0 Å². The molecule has 1 fully saturated rings. The van der Waals surface area contributed by atoms with Crippen LogP contribution in [-0.4, -0.2) is 11.5 Å². The van der Waals surface area contributed by atoms with Gasteiger partial charge in [0.05, 0.1) is 0 Å². The fraction of sp³-hybridized carbons (Fsp3) is 0.619. The van der Waals surface area contributed by atoms with Crippen LogP contribution in [-0.2, 0) is 0 Å². The molecule has 1 saturated carbocycles. The SMILES string of the molecule is Cc1ccc2[nH]cc(C(CN)C3CCC(C(C)(C)C)CC3)c2c1. The van der Waals surface area contributed by atoms with Gasteiger partial charge >= 0.3 is 0 Å². The molecule has 1 aliphatic rings. The summed E-state index contributed by atoms with van der Waals surface area (Å²) in [5, 5.41) is 1.37. The Morgan fingerprint density at radius 3 is 2.48 bits per heavy atom. The number of hydrogen-bond donors (Lipinski definition) is 2. The van der Waals surface area contributed by atoms with Crippen LogP contribution in [0.25, 0.3) is 10.9 Å². The summed E-state index contributed by atoms with van der Waals surface area (Å²) in [5.74, 6) is 2.09. The lowest BCUT2D eigenvalue weighted by Gasteiger charge is -2.39. The zero-order valence-corrected chi connectivity index (χ0v) is 15.2. The Morgan fingerprint density at radius 1 is 1.17 bits per heavy atom. The molecule has 3 N–H and O–H groups in total. The Balaban J connectivity index is 1.81. The van der Waals surface area contributed by atoms with Gasteiger partial charge < -0.3 is 10.7 Å². The topological polar surface area (TPSA) is 41.8 Å². The minimum atomic E-state index is 0.446. The third-order valence-electron chi connectivity index (χ3n) is 6.09. The minimum absolute atomic E-state index is 0.446. The second kappa shape index (κ2) is 6.32. The number of aromatic nitrogens is 1. The monoisotopic (exact) mass is 312 g/mol. The molecule has 0 bridgehead atoms. The molecule has 23 heavy (non-hydrogen) atoms. The zero-order chi connectivity index (χ0) is 16.6. The van der Waals surface area contributed by atoms with Crippen molar-refractivity contribution in [2.45, 2.75) is 59.3 Å². The maximum Gasteiger partial charge on any atom is 0.0457 e. The Bertz CT molecular complexity index is 654. The summed E-state index contributed by atoms with van der Waals surface area (Å²) < 4.78 is 0. The van der Waals surface area contributed by atoms with Gasteiger partial charge in [-0.15, -0.1) is 0 Å². The highest BCUT2D eigenvalue weighted by Gasteiger charge is 2.33.